The number of benzene rings is 15. The van der Waals surface area contributed by atoms with Gasteiger partial charge in [-0.25, -0.2) is 0 Å². The molecule has 458 valence electrons. The van der Waals surface area contributed by atoms with Crippen molar-refractivity contribution in [3.63, 3.8) is 0 Å². The number of fused-ring (bicyclic) bond motifs is 9. The average molecular weight is 1240 g/mol. The first-order chi connectivity index (χ1) is 47.9. The van der Waals surface area contributed by atoms with E-state index in [4.69, 9.17) is 0 Å². The lowest BCUT2D eigenvalue weighted by Crippen LogP contribution is -2.29. The second-order valence-corrected chi connectivity index (χ2v) is 26.1. The molecule has 15 aromatic carbocycles. The van der Waals surface area contributed by atoms with Crippen LogP contribution in [-0.2, 0) is 10.8 Å². The van der Waals surface area contributed by atoms with E-state index in [9.17, 15) is 0 Å². The minimum Gasteiger partial charge on any atom is -0.310 e. The van der Waals surface area contributed by atoms with E-state index in [0.717, 1.165) is 62.0 Å². The van der Waals surface area contributed by atoms with Gasteiger partial charge in [0.15, 0.2) is 0 Å². The molecule has 1 aromatic heterocycles. The molecule has 18 rings (SSSR count). The largest absolute Gasteiger partial charge is 0.310 e. The van der Waals surface area contributed by atoms with E-state index in [1.54, 1.807) is 0 Å². The summed E-state index contributed by atoms with van der Waals surface area (Å²) >= 11 is 0. The smallest absolute Gasteiger partial charge is 0.0714 e. The van der Waals surface area contributed by atoms with Crippen molar-refractivity contribution in [3.8, 4) is 50.2 Å². The molecule has 0 saturated carbocycles. The molecule has 0 amide bonds. The standard InChI is InChI=1S/C94H67N3/c1-64-41-51-81-83-53-49-79(62-89(83)93(87(81)57-64,70-27-12-4-13-28-70)71-29-14-5-15-30-71)96(80-50-54-84-82-52-42-65(2)58-88(82)94(90(84)63-80,72-31-16-6-17-32-72)73-33-18-7-19-34-73)76-47-43-67(44-48-76)69-46-56-92-86(60-69)85-59-68(66-25-10-3-11-26-66)45-55-91(85)97(92)78-40-24-39-77(61-78)95(74-35-20-8-21-36-74)75-37-22-9-23-38-75/h3-63H,1-2H3. The van der Waals surface area contributed by atoms with Crippen LogP contribution in [0.4, 0.5) is 34.1 Å². The van der Waals surface area contributed by atoms with Crippen LogP contribution in [0.3, 0.4) is 0 Å². The Hall–Kier alpha value is -12.3. The van der Waals surface area contributed by atoms with Crippen molar-refractivity contribution in [2.75, 3.05) is 9.80 Å². The first kappa shape index (κ1) is 57.4. The maximum absolute atomic E-state index is 2.51. The number of rotatable bonds is 13. The molecule has 3 heteroatoms. The quantitative estimate of drug-likeness (QED) is 0.114. The number of anilines is 6. The molecule has 0 N–H and O–H groups in total. The van der Waals surface area contributed by atoms with Crippen molar-refractivity contribution in [2.45, 2.75) is 24.7 Å². The van der Waals surface area contributed by atoms with E-state index < -0.39 is 10.8 Å². The molecule has 2 aliphatic carbocycles. The first-order valence-corrected chi connectivity index (χ1v) is 33.7. The molecule has 0 bridgehead atoms. The summed E-state index contributed by atoms with van der Waals surface area (Å²) < 4.78 is 2.45. The highest BCUT2D eigenvalue weighted by molar-refractivity contribution is 6.12. The van der Waals surface area contributed by atoms with Crippen LogP contribution in [0.1, 0.15) is 55.6 Å². The number of aromatic nitrogens is 1. The first-order valence-electron chi connectivity index (χ1n) is 33.7. The van der Waals surface area contributed by atoms with E-state index in [-0.39, 0.29) is 0 Å². The summed E-state index contributed by atoms with van der Waals surface area (Å²) in [4.78, 5) is 4.86. The third kappa shape index (κ3) is 9.25. The molecule has 16 aromatic rings. The van der Waals surface area contributed by atoms with Crippen molar-refractivity contribution in [2.24, 2.45) is 0 Å². The van der Waals surface area contributed by atoms with Crippen molar-refractivity contribution in [1.29, 1.82) is 0 Å². The Labute approximate surface area is 567 Å². The third-order valence-corrected chi connectivity index (χ3v) is 20.6. The van der Waals surface area contributed by atoms with Gasteiger partial charge < -0.3 is 14.4 Å². The molecular formula is C94H67N3. The summed E-state index contributed by atoms with van der Waals surface area (Å²) in [6, 6.07) is 138. The lowest BCUT2D eigenvalue weighted by Gasteiger charge is -2.36. The zero-order valence-electron chi connectivity index (χ0n) is 54.1. The highest BCUT2D eigenvalue weighted by atomic mass is 15.2. The van der Waals surface area contributed by atoms with Gasteiger partial charge in [-0.3, -0.25) is 0 Å². The summed E-state index contributed by atoms with van der Waals surface area (Å²) in [5, 5.41) is 2.38. The molecule has 2 aliphatic rings. The molecule has 1 heterocycles. The lowest BCUT2D eigenvalue weighted by atomic mass is 9.67. The fourth-order valence-corrected chi connectivity index (χ4v) is 16.4. The summed E-state index contributed by atoms with van der Waals surface area (Å²) in [6.07, 6.45) is 0. The van der Waals surface area contributed by atoms with Gasteiger partial charge in [0, 0.05) is 50.6 Å². The van der Waals surface area contributed by atoms with Crippen molar-refractivity contribution < 1.29 is 0 Å². The molecule has 0 atom stereocenters. The Balaban J connectivity index is 0.829. The second kappa shape index (κ2) is 23.3. The summed E-state index contributed by atoms with van der Waals surface area (Å²) in [6.45, 7) is 4.45. The summed E-state index contributed by atoms with van der Waals surface area (Å²) in [5.74, 6) is 0. The van der Waals surface area contributed by atoms with E-state index in [0.29, 0.717) is 0 Å². The monoisotopic (exact) mass is 1240 g/mol. The summed E-state index contributed by atoms with van der Waals surface area (Å²) in [7, 11) is 0. The molecule has 0 spiro atoms. The fourth-order valence-electron chi connectivity index (χ4n) is 16.4. The number of nitrogens with zero attached hydrogens (tertiary/aromatic N) is 3. The van der Waals surface area contributed by atoms with Crippen LogP contribution in [0.25, 0.3) is 72.0 Å². The number of para-hydroxylation sites is 2. The van der Waals surface area contributed by atoms with Crippen molar-refractivity contribution >= 4 is 55.9 Å². The SMILES string of the molecule is Cc1ccc2c(c1)C(c1ccccc1)(c1ccccc1)c1cc(N(c3ccc(-c4ccc5c(c4)c4cc(-c6ccccc6)ccc4n5-c4cccc(N(c5ccccc5)c5ccccc5)c4)cc3)c3ccc4c(c3)C(c3ccccc3)(c3ccccc3)c3cc(C)ccc3-4)ccc1-2. The lowest BCUT2D eigenvalue weighted by molar-refractivity contribution is 0.766. The predicted molar refractivity (Wildman–Crippen MR) is 405 cm³/mol. The zero-order valence-corrected chi connectivity index (χ0v) is 54.1. The Bertz CT molecular complexity index is 5320. The number of aryl methyl sites for hydroxylation is 2. The van der Waals surface area contributed by atoms with Gasteiger partial charge in [-0.05, 0) is 206 Å². The summed E-state index contributed by atoms with van der Waals surface area (Å²) in [5.41, 5.74) is 30.9. The minimum absolute atomic E-state index is 0.602. The van der Waals surface area contributed by atoms with Crippen LogP contribution in [-0.4, -0.2) is 4.57 Å². The maximum Gasteiger partial charge on any atom is 0.0714 e. The number of hydrogen-bond acceptors (Lipinski definition) is 2. The Morgan fingerprint density at radius 2 is 0.536 bits per heavy atom. The van der Waals surface area contributed by atoms with E-state index >= 15 is 0 Å². The van der Waals surface area contributed by atoms with Crippen LogP contribution >= 0.6 is 0 Å². The van der Waals surface area contributed by atoms with E-state index in [1.165, 1.54) is 99.8 Å². The van der Waals surface area contributed by atoms with Gasteiger partial charge in [-0.1, -0.05) is 278 Å². The van der Waals surface area contributed by atoms with E-state index in [1.807, 2.05) is 0 Å². The van der Waals surface area contributed by atoms with Crippen molar-refractivity contribution in [1.82, 2.24) is 4.57 Å². The van der Waals surface area contributed by atoms with Crippen LogP contribution < -0.4 is 9.80 Å². The van der Waals surface area contributed by atoms with E-state index in [2.05, 4.69) is 398 Å². The Kier molecular flexibility index (Phi) is 13.8. The van der Waals surface area contributed by atoms with Gasteiger partial charge in [0.05, 0.1) is 21.9 Å². The second-order valence-electron chi connectivity index (χ2n) is 26.1. The Morgan fingerprint density at radius 3 is 0.959 bits per heavy atom. The predicted octanol–water partition coefficient (Wildman–Crippen LogP) is 24.4. The topological polar surface area (TPSA) is 11.4 Å². The van der Waals surface area contributed by atoms with Crippen LogP contribution in [0.5, 0.6) is 0 Å². The van der Waals surface area contributed by atoms with Crippen LogP contribution in [0.15, 0.2) is 370 Å². The minimum atomic E-state index is -0.602. The van der Waals surface area contributed by atoms with Gasteiger partial charge in [-0.15, -0.1) is 0 Å². The van der Waals surface area contributed by atoms with Gasteiger partial charge in [0.2, 0.25) is 0 Å². The van der Waals surface area contributed by atoms with Gasteiger partial charge in [0.25, 0.3) is 0 Å². The van der Waals surface area contributed by atoms with Gasteiger partial charge >= 0.3 is 0 Å². The normalized spacial score (nSPS) is 13.0. The fraction of sp³-hybridized carbons (Fsp3) is 0.0426. The number of hydrogen-bond donors (Lipinski definition) is 0. The van der Waals surface area contributed by atoms with Gasteiger partial charge in [-0.2, -0.15) is 0 Å². The van der Waals surface area contributed by atoms with Gasteiger partial charge in [0.1, 0.15) is 0 Å². The molecule has 0 saturated heterocycles. The molecule has 97 heavy (non-hydrogen) atoms. The maximum atomic E-state index is 2.51. The van der Waals surface area contributed by atoms with Crippen LogP contribution in [0, 0.1) is 13.8 Å². The van der Waals surface area contributed by atoms with Crippen molar-refractivity contribution in [3.05, 3.63) is 426 Å². The average Bonchev–Trinajstić information content (AvgIpc) is 1.56. The molecule has 0 unspecified atom stereocenters. The molecule has 0 aliphatic heterocycles. The zero-order chi connectivity index (χ0) is 64.6. The third-order valence-electron chi connectivity index (χ3n) is 20.6. The highest BCUT2D eigenvalue weighted by Crippen LogP contribution is 2.60. The van der Waals surface area contributed by atoms with Crippen LogP contribution in [0.2, 0.25) is 0 Å². The molecule has 0 radical (unpaired) electrons. The Morgan fingerprint density at radius 1 is 0.227 bits per heavy atom. The molecule has 0 fully saturated rings. The molecular weight excluding hydrogens is 1170 g/mol. The highest BCUT2D eigenvalue weighted by Gasteiger charge is 2.48. The molecule has 3 nitrogen and oxygen atoms in total.